The van der Waals surface area contributed by atoms with Gasteiger partial charge in [0.05, 0.1) is 22.0 Å². The molecule has 0 fully saturated rings. The Bertz CT molecular complexity index is 566. The Morgan fingerprint density at radius 2 is 1.88 bits per heavy atom. The maximum atomic E-state index is 10.5. The van der Waals surface area contributed by atoms with Crippen LogP contribution in [-0.2, 0) is 0 Å². The van der Waals surface area contributed by atoms with Crippen LogP contribution in [0.2, 0.25) is 0 Å². The third kappa shape index (κ3) is 2.15. The van der Waals surface area contributed by atoms with Gasteiger partial charge in [0.15, 0.2) is 0 Å². The fraction of sp³-hybridized carbons (Fsp3) is 0. The van der Waals surface area contributed by atoms with Crippen LogP contribution >= 0.6 is 0 Å². The Morgan fingerprint density at radius 3 is 2.41 bits per heavy atom. The highest BCUT2D eigenvalue weighted by Crippen LogP contribution is 2.24. The minimum Gasteiger partial charge on any atom is -0.397 e. The van der Waals surface area contributed by atoms with E-state index in [4.69, 9.17) is 11.5 Å². The van der Waals surface area contributed by atoms with Crippen molar-refractivity contribution in [2.45, 2.75) is 0 Å². The Balaban J connectivity index is 2.39. The van der Waals surface area contributed by atoms with Gasteiger partial charge >= 0.3 is 0 Å². The predicted octanol–water partition coefficient (Wildman–Crippen LogP) is 1.82. The lowest BCUT2D eigenvalue weighted by molar-refractivity contribution is -0.385. The van der Waals surface area contributed by atoms with Crippen LogP contribution in [0.15, 0.2) is 36.5 Å². The number of anilines is 2. The molecular formula is C11H10N4O2. The van der Waals surface area contributed by atoms with E-state index in [1.165, 1.54) is 12.3 Å². The molecule has 0 unspecified atom stereocenters. The second kappa shape index (κ2) is 4.09. The highest BCUT2D eigenvalue weighted by molar-refractivity contribution is 5.73. The van der Waals surface area contributed by atoms with Gasteiger partial charge in [0.2, 0.25) is 0 Å². The fourth-order valence-electron chi connectivity index (χ4n) is 1.40. The summed E-state index contributed by atoms with van der Waals surface area (Å²) in [6.45, 7) is 0. The molecular weight excluding hydrogens is 220 g/mol. The minimum absolute atomic E-state index is 0.0443. The average molecular weight is 230 g/mol. The van der Waals surface area contributed by atoms with Crippen molar-refractivity contribution in [2.75, 3.05) is 11.5 Å². The Morgan fingerprint density at radius 1 is 1.12 bits per heavy atom. The van der Waals surface area contributed by atoms with E-state index in [1.54, 1.807) is 24.3 Å². The molecule has 86 valence electrons. The first-order chi connectivity index (χ1) is 8.08. The number of benzene rings is 1. The summed E-state index contributed by atoms with van der Waals surface area (Å²) in [5, 5.41) is 10.5. The number of nitrogens with two attached hydrogens (primary N) is 2. The number of hydrogen-bond donors (Lipinski definition) is 2. The first kappa shape index (κ1) is 10.9. The molecule has 2 rings (SSSR count). The SMILES string of the molecule is Nc1ccc(-c2ccc([N+](=O)[O-])cn2)cc1N. The normalized spacial score (nSPS) is 10.1. The van der Waals surface area contributed by atoms with Crippen molar-refractivity contribution in [3.63, 3.8) is 0 Å². The molecule has 4 N–H and O–H groups in total. The molecule has 1 aromatic carbocycles. The number of rotatable bonds is 2. The van der Waals surface area contributed by atoms with E-state index in [0.717, 1.165) is 5.56 Å². The van der Waals surface area contributed by atoms with Crippen LogP contribution in [0.1, 0.15) is 0 Å². The Labute approximate surface area is 97.0 Å². The monoisotopic (exact) mass is 230 g/mol. The maximum Gasteiger partial charge on any atom is 0.287 e. The molecule has 2 aromatic rings. The van der Waals surface area contributed by atoms with E-state index >= 15 is 0 Å². The highest BCUT2D eigenvalue weighted by Gasteiger charge is 2.07. The number of pyridine rings is 1. The average Bonchev–Trinajstić information content (AvgIpc) is 2.33. The number of nitro groups is 1. The van der Waals surface area contributed by atoms with Crippen LogP contribution in [0.3, 0.4) is 0 Å². The van der Waals surface area contributed by atoms with E-state index in [-0.39, 0.29) is 5.69 Å². The zero-order chi connectivity index (χ0) is 12.4. The molecule has 0 aliphatic heterocycles. The van der Waals surface area contributed by atoms with Crippen molar-refractivity contribution >= 4 is 17.1 Å². The van der Waals surface area contributed by atoms with Crippen molar-refractivity contribution < 1.29 is 4.92 Å². The molecule has 0 aliphatic carbocycles. The molecule has 0 spiro atoms. The van der Waals surface area contributed by atoms with Gasteiger partial charge in [0.1, 0.15) is 6.20 Å². The largest absolute Gasteiger partial charge is 0.397 e. The molecule has 0 atom stereocenters. The number of hydrogen-bond acceptors (Lipinski definition) is 5. The van der Waals surface area contributed by atoms with Gasteiger partial charge in [0, 0.05) is 11.6 Å². The van der Waals surface area contributed by atoms with E-state index < -0.39 is 4.92 Å². The van der Waals surface area contributed by atoms with Crippen molar-refractivity contribution in [3.8, 4) is 11.3 Å². The lowest BCUT2D eigenvalue weighted by Crippen LogP contribution is -1.95. The zero-order valence-corrected chi connectivity index (χ0v) is 8.83. The third-order valence-electron chi connectivity index (χ3n) is 2.34. The second-order valence-corrected chi connectivity index (χ2v) is 3.50. The van der Waals surface area contributed by atoms with Crippen LogP contribution in [0.5, 0.6) is 0 Å². The molecule has 6 nitrogen and oxygen atoms in total. The summed E-state index contributed by atoms with van der Waals surface area (Å²) in [6.07, 6.45) is 1.21. The van der Waals surface area contributed by atoms with Crippen LogP contribution in [-0.4, -0.2) is 9.91 Å². The lowest BCUT2D eigenvalue weighted by atomic mass is 10.1. The summed E-state index contributed by atoms with van der Waals surface area (Å²) in [4.78, 5) is 14.0. The standard InChI is InChI=1S/C11H10N4O2/c12-9-3-1-7(5-10(9)13)11-4-2-8(6-14-11)15(16)17/h1-6H,12-13H2. The third-order valence-corrected chi connectivity index (χ3v) is 2.34. The van der Waals surface area contributed by atoms with Crippen LogP contribution in [0.4, 0.5) is 17.1 Å². The summed E-state index contributed by atoms with van der Waals surface area (Å²) in [7, 11) is 0. The van der Waals surface area contributed by atoms with E-state index in [0.29, 0.717) is 17.1 Å². The minimum atomic E-state index is -0.492. The van der Waals surface area contributed by atoms with Gasteiger partial charge in [-0.2, -0.15) is 0 Å². The summed E-state index contributed by atoms with van der Waals surface area (Å²) < 4.78 is 0. The van der Waals surface area contributed by atoms with Gasteiger partial charge in [-0.3, -0.25) is 10.1 Å². The van der Waals surface area contributed by atoms with Gasteiger partial charge in [0.25, 0.3) is 5.69 Å². The quantitative estimate of drug-likeness (QED) is 0.464. The number of nitrogen functional groups attached to an aromatic ring is 2. The molecule has 0 bridgehead atoms. The second-order valence-electron chi connectivity index (χ2n) is 3.50. The molecule has 1 heterocycles. The molecule has 0 aliphatic rings. The van der Waals surface area contributed by atoms with Gasteiger partial charge in [-0.1, -0.05) is 6.07 Å². The predicted molar refractivity (Wildman–Crippen MR) is 65.2 cm³/mol. The molecule has 17 heavy (non-hydrogen) atoms. The number of nitrogens with zero attached hydrogens (tertiary/aromatic N) is 2. The van der Waals surface area contributed by atoms with Gasteiger partial charge in [-0.05, 0) is 18.2 Å². The maximum absolute atomic E-state index is 10.5. The van der Waals surface area contributed by atoms with Gasteiger partial charge in [-0.25, -0.2) is 4.98 Å². The van der Waals surface area contributed by atoms with Gasteiger partial charge < -0.3 is 11.5 Å². The smallest absolute Gasteiger partial charge is 0.287 e. The molecule has 1 aromatic heterocycles. The molecule has 0 saturated carbocycles. The van der Waals surface area contributed by atoms with Crippen molar-refractivity contribution in [2.24, 2.45) is 0 Å². The molecule has 6 heteroatoms. The van der Waals surface area contributed by atoms with Crippen LogP contribution in [0, 0.1) is 10.1 Å². The first-order valence-corrected chi connectivity index (χ1v) is 4.84. The Hall–Kier alpha value is -2.63. The molecule has 0 radical (unpaired) electrons. The topological polar surface area (TPSA) is 108 Å². The lowest BCUT2D eigenvalue weighted by Gasteiger charge is -2.04. The summed E-state index contributed by atoms with van der Waals surface area (Å²) in [5.41, 5.74) is 13.6. The van der Waals surface area contributed by atoms with E-state index in [9.17, 15) is 10.1 Å². The Kier molecular flexibility index (Phi) is 2.61. The van der Waals surface area contributed by atoms with E-state index in [1.807, 2.05) is 0 Å². The van der Waals surface area contributed by atoms with Crippen LogP contribution < -0.4 is 11.5 Å². The molecule has 0 amide bonds. The van der Waals surface area contributed by atoms with Gasteiger partial charge in [-0.15, -0.1) is 0 Å². The molecule has 0 saturated heterocycles. The van der Waals surface area contributed by atoms with Crippen molar-refractivity contribution in [1.29, 1.82) is 0 Å². The fourth-order valence-corrected chi connectivity index (χ4v) is 1.40. The first-order valence-electron chi connectivity index (χ1n) is 4.84. The van der Waals surface area contributed by atoms with E-state index in [2.05, 4.69) is 4.98 Å². The summed E-state index contributed by atoms with van der Waals surface area (Å²) >= 11 is 0. The summed E-state index contributed by atoms with van der Waals surface area (Å²) in [5.74, 6) is 0. The van der Waals surface area contributed by atoms with Crippen molar-refractivity contribution in [3.05, 3.63) is 46.6 Å². The highest BCUT2D eigenvalue weighted by atomic mass is 16.6. The van der Waals surface area contributed by atoms with Crippen LogP contribution in [0.25, 0.3) is 11.3 Å². The number of aromatic nitrogens is 1. The zero-order valence-electron chi connectivity index (χ0n) is 8.83. The van der Waals surface area contributed by atoms with Crippen molar-refractivity contribution in [1.82, 2.24) is 4.98 Å². The summed E-state index contributed by atoms with van der Waals surface area (Å²) in [6, 6.07) is 8.09.